The van der Waals surface area contributed by atoms with Crippen LogP contribution in [-0.2, 0) is 0 Å². The number of nitrogens with zero attached hydrogens (tertiary/aromatic N) is 1. The van der Waals surface area contributed by atoms with Crippen LogP contribution in [0.15, 0.2) is 42.7 Å². The molecule has 0 N–H and O–H groups in total. The molecule has 1 aromatic heterocycles. The zero-order valence-corrected chi connectivity index (χ0v) is 9.17. The van der Waals surface area contributed by atoms with Crippen LogP contribution in [0.4, 0.5) is 0 Å². The molecule has 84 valence electrons. The number of benzene rings is 1. The van der Waals surface area contributed by atoms with Crippen LogP contribution in [-0.4, -0.2) is 11.1 Å². The zero-order chi connectivity index (χ0) is 11.2. The third kappa shape index (κ3) is 1.46. The lowest BCUT2D eigenvalue weighted by Crippen LogP contribution is -1.91. The topological polar surface area (TPSA) is 31.4 Å². The minimum atomic E-state index is 0.432. The Balaban J connectivity index is 1.65. The first-order chi connectivity index (χ1) is 8.40. The van der Waals surface area contributed by atoms with Gasteiger partial charge in [-0.3, -0.25) is 4.98 Å². The Hall–Kier alpha value is -2.03. The molecule has 2 aliphatic rings. The SMILES string of the molecule is c1cc(Oc2ccc3c(c2)[C@H]2C[C@H]2O3)ccn1. The van der Waals surface area contributed by atoms with Crippen molar-refractivity contribution in [2.45, 2.75) is 18.4 Å². The van der Waals surface area contributed by atoms with Crippen molar-refractivity contribution in [1.29, 1.82) is 0 Å². The second-order valence-electron chi connectivity index (χ2n) is 4.48. The van der Waals surface area contributed by atoms with Crippen LogP contribution < -0.4 is 9.47 Å². The molecule has 0 saturated heterocycles. The van der Waals surface area contributed by atoms with E-state index in [0.717, 1.165) is 23.7 Å². The fourth-order valence-electron chi connectivity index (χ4n) is 2.32. The van der Waals surface area contributed by atoms with Gasteiger partial charge in [0.25, 0.3) is 0 Å². The van der Waals surface area contributed by atoms with Gasteiger partial charge in [-0.15, -0.1) is 0 Å². The summed E-state index contributed by atoms with van der Waals surface area (Å²) in [5.74, 6) is 3.30. The predicted molar refractivity (Wildman–Crippen MR) is 62.5 cm³/mol. The summed E-state index contributed by atoms with van der Waals surface area (Å²) in [6.45, 7) is 0. The van der Waals surface area contributed by atoms with Gasteiger partial charge < -0.3 is 9.47 Å². The smallest absolute Gasteiger partial charge is 0.130 e. The Morgan fingerprint density at radius 2 is 2.00 bits per heavy atom. The molecule has 0 spiro atoms. The molecule has 1 aliphatic carbocycles. The summed E-state index contributed by atoms with van der Waals surface area (Å²) in [6.07, 6.45) is 5.04. The lowest BCUT2D eigenvalue weighted by Gasteiger charge is -2.08. The molecule has 1 aromatic carbocycles. The highest BCUT2D eigenvalue weighted by molar-refractivity contribution is 5.50. The van der Waals surface area contributed by atoms with E-state index in [9.17, 15) is 0 Å². The summed E-state index contributed by atoms with van der Waals surface area (Å²) in [7, 11) is 0. The maximum absolute atomic E-state index is 5.77. The van der Waals surface area contributed by atoms with Crippen LogP contribution in [0.5, 0.6) is 17.2 Å². The highest BCUT2D eigenvalue weighted by Gasteiger charge is 2.48. The van der Waals surface area contributed by atoms with Gasteiger partial charge in [-0.25, -0.2) is 0 Å². The first kappa shape index (κ1) is 9.05. The number of fused-ring (bicyclic) bond motifs is 3. The van der Waals surface area contributed by atoms with Gasteiger partial charge in [0.05, 0.1) is 0 Å². The molecule has 3 heteroatoms. The molecule has 2 heterocycles. The van der Waals surface area contributed by atoms with Crippen molar-refractivity contribution in [2.24, 2.45) is 0 Å². The molecule has 0 unspecified atom stereocenters. The van der Waals surface area contributed by atoms with Crippen LogP contribution in [0, 0.1) is 0 Å². The van der Waals surface area contributed by atoms with Gasteiger partial charge in [0, 0.05) is 23.9 Å². The number of ether oxygens (including phenoxy) is 2. The van der Waals surface area contributed by atoms with Crippen molar-refractivity contribution in [1.82, 2.24) is 4.98 Å². The average molecular weight is 225 g/mol. The van der Waals surface area contributed by atoms with Crippen molar-refractivity contribution in [2.75, 3.05) is 0 Å². The fourth-order valence-corrected chi connectivity index (χ4v) is 2.32. The summed E-state index contributed by atoms with van der Waals surface area (Å²) < 4.78 is 11.5. The average Bonchev–Trinajstić information content (AvgIpc) is 3.05. The summed E-state index contributed by atoms with van der Waals surface area (Å²) in [4.78, 5) is 3.96. The molecule has 3 nitrogen and oxygen atoms in total. The van der Waals surface area contributed by atoms with Gasteiger partial charge >= 0.3 is 0 Å². The van der Waals surface area contributed by atoms with E-state index in [-0.39, 0.29) is 0 Å². The van der Waals surface area contributed by atoms with Crippen molar-refractivity contribution < 1.29 is 9.47 Å². The molecule has 4 rings (SSSR count). The maximum Gasteiger partial charge on any atom is 0.130 e. The third-order valence-electron chi connectivity index (χ3n) is 3.28. The molecule has 2 atom stereocenters. The minimum Gasteiger partial charge on any atom is -0.489 e. The lowest BCUT2D eigenvalue weighted by molar-refractivity contribution is 0.318. The van der Waals surface area contributed by atoms with Gasteiger partial charge in [0.15, 0.2) is 0 Å². The summed E-state index contributed by atoms with van der Waals surface area (Å²) in [6, 6.07) is 9.74. The Labute approximate surface area is 99.0 Å². The van der Waals surface area contributed by atoms with E-state index in [1.54, 1.807) is 12.4 Å². The van der Waals surface area contributed by atoms with E-state index in [1.807, 2.05) is 24.3 Å². The van der Waals surface area contributed by atoms with Crippen molar-refractivity contribution in [3.8, 4) is 17.2 Å². The van der Waals surface area contributed by atoms with Gasteiger partial charge in [-0.2, -0.15) is 0 Å². The zero-order valence-electron chi connectivity index (χ0n) is 9.17. The maximum atomic E-state index is 5.77. The monoisotopic (exact) mass is 225 g/mol. The lowest BCUT2D eigenvalue weighted by atomic mass is 10.1. The third-order valence-corrected chi connectivity index (χ3v) is 3.28. The number of aromatic nitrogens is 1. The summed E-state index contributed by atoms with van der Waals surface area (Å²) in [5, 5.41) is 0. The first-order valence-corrected chi connectivity index (χ1v) is 5.79. The number of hydrogen-bond acceptors (Lipinski definition) is 3. The van der Waals surface area contributed by atoms with Crippen LogP contribution in [0.2, 0.25) is 0 Å². The van der Waals surface area contributed by atoms with Crippen molar-refractivity contribution in [3.05, 3.63) is 48.3 Å². The quantitative estimate of drug-likeness (QED) is 0.786. The van der Waals surface area contributed by atoms with Gasteiger partial charge in [-0.05, 0) is 36.8 Å². The summed E-state index contributed by atoms with van der Waals surface area (Å²) in [5.41, 5.74) is 1.29. The number of rotatable bonds is 2. The number of pyridine rings is 1. The van der Waals surface area contributed by atoms with Gasteiger partial charge in [-0.1, -0.05) is 0 Å². The number of hydrogen-bond donors (Lipinski definition) is 0. The molecule has 17 heavy (non-hydrogen) atoms. The Morgan fingerprint density at radius 3 is 2.88 bits per heavy atom. The van der Waals surface area contributed by atoms with E-state index in [4.69, 9.17) is 9.47 Å². The molecule has 2 aromatic rings. The van der Waals surface area contributed by atoms with Crippen LogP contribution >= 0.6 is 0 Å². The molecule has 0 radical (unpaired) electrons. The van der Waals surface area contributed by atoms with E-state index in [2.05, 4.69) is 11.1 Å². The molecule has 1 aliphatic heterocycles. The van der Waals surface area contributed by atoms with Crippen LogP contribution in [0.1, 0.15) is 17.9 Å². The largest absolute Gasteiger partial charge is 0.489 e. The normalized spacial score (nSPS) is 23.5. The van der Waals surface area contributed by atoms with Crippen molar-refractivity contribution >= 4 is 0 Å². The molecule has 0 bridgehead atoms. The Morgan fingerprint density at radius 1 is 1.12 bits per heavy atom. The highest BCUT2D eigenvalue weighted by atomic mass is 16.5. The minimum absolute atomic E-state index is 0.432. The standard InChI is InChI=1S/C14H11NO2/c1-2-13-11(12-8-14(12)17-13)7-10(1)16-9-3-5-15-6-4-9/h1-7,12,14H,8H2/t12-,14-/m1/s1. The van der Waals surface area contributed by atoms with Gasteiger partial charge in [0.1, 0.15) is 23.4 Å². The van der Waals surface area contributed by atoms with Gasteiger partial charge in [0.2, 0.25) is 0 Å². The van der Waals surface area contributed by atoms with E-state index in [1.165, 1.54) is 5.56 Å². The van der Waals surface area contributed by atoms with Crippen LogP contribution in [0.3, 0.4) is 0 Å². The first-order valence-electron chi connectivity index (χ1n) is 5.79. The van der Waals surface area contributed by atoms with E-state index < -0.39 is 0 Å². The second kappa shape index (κ2) is 3.23. The highest BCUT2D eigenvalue weighted by Crippen LogP contribution is 2.54. The van der Waals surface area contributed by atoms with Crippen molar-refractivity contribution in [3.63, 3.8) is 0 Å². The molecule has 1 fully saturated rings. The molecule has 1 saturated carbocycles. The Bertz CT molecular complexity index is 568. The molecular weight excluding hydrogens is 214 g/mol. The predicted octanol–water partition coefficient (Wildman–Crippen LogP) is 3.12. The summed E-state index contributed by atoms with van der Waals surface area (Å²) >= 11 is 0. The molecule has 0 amide bonds. The van der Waals surface area contributed by atoms with Crippen LogP contribution in [0.25, 0.3) is 0 Å². The van der Waals surface area contributed by atoms with E-state index >= 15 is 0 Å². The molecular formula is C14H11NO2. The fraction of sp³-hybridized carbons (Fsp3) is 0.214. The van der Waals surface area contributed by atoms with E-state index in [0.29, 0.717) is 12.0 Å². The second-order valence-corrected chi connectivity index (χ2v) is 4.48. The Kier molecular flexibility index (Phi) is 1.72.